The number of nitrogens with one attached hydrogen (secondary N) is 1. The average molecular weight is 237 g/mol. The standard InChI is InChI=1S/C11H15N3O3/c12-7-5-11(15)13-8-6-9-3-1-2-4-10(9)14(16)17/h1-4H,5-8,12H2,(H,13,15). The van der Waals surface area contributed by atoms with Gasteiger partial charge < -0.3 is 11.1 Å². The lowest BCUT2D eigenvalue weighted by atomic mass is 10.1. The number of nitrogens with two attached hydrogens (primary N) is 1. The second-order valence-corrected chi connectivity index (χ2v) is 3.52. The minimum Gasteiger partial charge on any atom is -0.356 e. The molecule has 0 unspecified atom stereocenters. The summed E-state index contributed by atoms with van der Waals surface area (Å²) < 4.78 is 0. The van der Waals surface area contributed by atoms with Gasteiger partial charge in [-0.3, -0.25) is 14.9 Å². The molecule has 0 saturated carbocycles. The summed E-state index contributed by atoms with van der Waals surface area (Å²) >= 11 is 0. The first-order valence-electron chi connectivity index (χ1n) is 5.34. The lowest BCUT2D eigenvalue weighted by molar-refractivity contribution is -0.385. The number of nitrogens with zero attached hydrogens (tertiary/aromatic N) is 1. The number of amides is 1. The van der Waals surface area contributed by atoms with Crippen LogP contribution in [0.3, 0.4) is 0 Å². The number of carbonyl (C=O) groups is 1. The van der Waals surface area contributed by atoms with Crippen LogP contribution in [0.1, 0.15) is 12.0 Å². The highest BCUT2D eigenvalue weighted by Crippen LogP contribution is 2.17. The fraction of sp³-hybridized carbons (Fsp3) is 0.364. The second-order valence-electron chi connectivity index (χ2n) is 3.52. The van der Waals surface area contributed by atoms with E-state index in [0.717, 1.165) is 0 Å². The molecule has 0 aromatic heterocycles. The summed E-state index contributed by atoms with van der Waals surface area (Å²) in [6, 6.07) is 6.50. The van der Waals surface area contributed by atoms with Crippen LogP contribution in [-0.4, -0.2) is 23.9 Å². The Kier molecular flexibility index (Phi) is 5.09. The predicted molar refractivity (Wildman–Crippen MR) is 63.5 cm³/mol. The molecule has 1 aromatic carbocycles. The van der Waals surface area contributed by atoms with Crippen LogP contribution < -0.4 is 11.1 Å². The molecular formula is C11H15N3O3. The van der Waals surface area contributed by atoms with Gasteiger partial charge in [0.1, 0.15) is 0 Å². The van der Waals surface area contributed by atoms with E-state index in [-0.39, 0.29) is 18.0 Å². The van der Waals surface area contributed by atoms with Gasteiger partial charge >= 0.3 is 0 Å². The van der Waals surface area contributed by atoms with E-state index in [1.807, 2.05) is 0 Å². The fourth-order valence-electron chi connectivity index (χ4n) is 1.46. The van der Waals surface area contributed by atoms with Crippen LogP contribution in [0.5, 0.6) is 0 Å². The Labute approximate surface area is 99.0 Å². The number of carbonyl (C=O) groups excluding carboxylic acids is 1. The third-order valence-corrected chi connectivity index (χ3v) is 2.28. The van der Waals surface area contributed by atoms with Crippen LogP contribution in [-0.2, 0) is 11.2 Å². The van der Waals surface area contributed by atoms with Gasteiger partial charge in [-0.1, -0.05) is 18.2 Å². The van der Waals surface area contributed by atoms with Crippen molar-refractivity contribution in [3.63, 3.8) is 0 Å². The van der Waals surface area contributed by atoms with E-state index in [1.54, 1.807) is 18.2 Å². The van der Waals surface area contributed by atoms with E-state index in [2.05, 4.69) is 5.32 Å². The van der Waals surface area contributed by atoms with E-state index in [1.165, 1.54) is 6.07 Å². The van der Waals surface area contributed by atoms with Crippen LogP contribution in [0.2, 0.25) is 0 Å². The van der Waals surface area contributed by atoms with E-state index in [9.17, 15) is 14.9 Å². The summed E-state index contributed by atoms with van der Waals surface area (Å²) in [5.74, 6) is -0.133. The third-order valence-electron chi connectivity index (χ3n) is 2.28. The van der Waals surface area contributed by atoms with Crippen LogP contribution >= 0.6 is 0 Å². The molecule has 17 heavy (non-hydrogen) atoms. The van der Waals surface area contributed by atoms with Crippen LogP contribution in [0.15, 0.2) is 24.3 Å². The first-order valence-corrected chi connectivity index (χ1v) is 5.34. The van der Waals surface area contributed by atoms with Crippen molar-refractivity contribution in [2.45, 2.75) is 12.8 Å². The molecule has 0 bridgehead atoms. The maximum absolute atomic E-state index is 11.1. The van der Waals surface area contributed by atoms with Crippen LogP contribution in [0, 0.1) is 10.1 Å². The molecule has 0 aliphatic carbocycles. The van der Waals surface area contributed by atoms with Crippen LogP contribution in [0.4, 0.5) is 5.69 Å². The summed E-state index contributed by atoms with van der Waals surface area (Å²) in [6.45, 7) is 0.682. The minimum atomic E-state index is -0.420. The van der Waals surface area contributed by atoms with E-state index in [0.29, 0.717) is 25.1 Å². The highest BCUT2D eigenvalue weighted by Gasteiger charge is 2.11. The maximum atomic E-state index is 11.1. The molecule has 0 spiro atoms. The molecule has 0 fully saturated rings. The highest BCUT2D eigenvalue weighted by molar-refractivity contribution is 5.76. The number of para-hydroxylation sites is 1. The van der Waals surface area contributed by atoms with Gasteiger partial charge in [-0.2, -0.15) is 0 Å². The normalized spacial score (nSPS) is 9.94. The number of hydrogen-bond donors (Lipinski definition) is 2. The Bertz CT molecular complexity index is 407. The molecular weight excluding hydrogens is 222 g/mol. The molecule has 1 amide bonds. The van der Waals surface area contributed by atoms with Gasteiger partial charge in [0.05, 0.1) is 4.92 Å². The Morgan fingerprint density at radius 1 is 1.41 bits per heavy atom. The largest absolute Gasteiger partial charge is 0.356 e. The molecule has 0 saturated heterocycles. The van der Waals surface area contributed by atoms with Gasteiger partial charge in [-0.15, -0.1) is 0 Å². The van der Waals surface area contributed by atoms with Crippen molar-refractivity contribution in [1.29, 1.82) is 0 Å². The molecule has 0 heterocycles. The number of nitro benzene ring substituents is 1. The average Bonchev–Trinajstić information content (AvgIpc) is 2.30. The van der Waals surface area contributed by atoms with E-state index >= 15 is 0 Å². The number of rotatable bonds is 6. The Morgan fingerprint density at radius 2 is 2.12 bits per heavy atom. The van der Waals surface area contributed by atoms with Crippen molar-refractivity contribution < 1.29 is 9.72 Å². The summed E-state index contributed by atoms with van der Waals surface area (Å²) in [6.07, 6.45) is 0.713. The zero-order valence-corrected chi connectivity index (χ0v) is 9.39. The molecule has 0 radical (unpaired) electrons. The number of hydrogen-bond acceptors (Lipinski definition) is 4. The first kappa shape index (κ1) is 13.1. The Hall–Kier alpha value is -1.95. The van der Waals surface area contributed by atoms with Gasteiger partial charge in [0, 0.05) is 31.1 Å². The van der Waals surface area contributed by atoms with E-state index in [4.69, 9.17) is 5.73 Å². The van der Waals surface area contributed by atoms with E-state index < -0.39 is 4.92 Å². The van der Waals surface area contributed by atoms with Crippen LogP contribution in [0.25, 0.3) is 0 Å². The van der Waals surface area contributed by atoms with Crippen molar-refractivity contribution in [1.82, 2.24) is 5.32 Å². The molecule has 0 aliphatic heterocycles. The smallest absolute Gasteiger partial charge is 0.272 e. The topological polar surface area (TPSA) is 98.3 Å². The van der Waals surface area contributed by atoms with Crippen molar-refractivity contribution >= 4 is 11.6 Å². The Balaban J connectivity index is 2.52. The number of nitro groups is 1. The quantitative estimate of drug-likeness (QED) is 0.559. The van der Waals surface area contributed by atoms with Crippen molar-refractivity contribution in [2.75, 3.05) is 13.1 Å². The molecule has 6 nitrogen and oxygen atoms in total. The van der Waals surface area contributed by atoms with Gasteiger partial charge in [0.2, 0.25) is 5.91 Å². The second kappa shape index (κ2) is 6.59. The summed E-state index contributed by atoms with van der Waals surface area (Å²) in [5.41, 5.74) is 5.93. The molecule has 1 rings (SSSR count). The molecule has 3 N–H and O–H groups in total. The monoisotopic (exact) mass is 237 g/mol. The first-order chi connectivity index (χ1) is 8.15. The summed E-state index contributed by atoms with van der Waals surface area (Å²) in [5, 5.41) is 13.4. The summed E-state index contributed by atoms with van der Waals surface area (Å²) in [7, 11) is 0. The molecule has 6 heteroatoms. The summed E-state index contributed by atoms with van der Waals surface area (Å²) in [4.78, 5) is 21.4. The van der Waals surface area contributed by atoms with Gasteiger partial charge in [-0.05, 0) is 6.42 Å². The zero-order valence-electron chi connectivity index (χ0n) is 9.39. The zero-order chi connectivity index (χ0) is 12.7. The molecule has 0 atom stereocenters. The van der Waals surface area contributed by atoms with Gasteiger partial charge in [0.25, 0.3) is 5.69 Å². The predicted octanol–water partition coefficient (Wildman–Crippen LogP) is 0.602. The van der Waals surface area contributed by atoms with Crippen molar-refractivity contribution in [3.05, 3.63) is 39.9 Å². The SMILES string of the molecule is NCCC(=O)NCCc1ccccc1[N+](=O)[O-]. The lowest BCUT2D eigenvalue weighted by Gasteiger charge is -2.04. The molecule has 92 valence electrons. The van der Waals surface area contributed by atoms with Gasteiger partial charge in [0.15, 0.2) is 0 Å². The van der Waals surface area contributed by atoms with Crippen molar-refractivity contribution in [2.24, 2.45) is 5.73 Å². The third kappa shape index (κ3) is 4.20. The number of benzene rings is 1. The fourth-order valence-corrected chi connectivity index (χ4v) is 1.46. The minimum absolute atomic E-state index is 0.0839. The van der Waals surface area contributed by atoms with Gasteiger partial charge in [-0.25, -0.2) is 0 Å². The Morgan fingerprint density at radius 3 is 2.76 bits per heavy atom. The lowest BCUT2D eigenvalue weighted by Crippen LogP contribution is -2.27. The highest BCUT2D eigenvalue weighted by atomic mass is 16.6. The molecule has 0 aliphatic rings. The van der Waals surface area contributed by atoms with Crippen molar-refractivity contribution in [3.8, 4) is 0 Å². The maximum Gasteiger partial charge on any atom is 0.272 e. The molecule has 1 aromatic rings.